The van der Waals surface area contributed by atoms with Gasteiger partial charge in [0.2, 0.25) is 0 Å². The number of ether oxygens (including phenoxy) is 2. The van der Waals surface area contributed by atoms with Gasteiger partial charge in [-0.05, 0) is 58.5 Å². The molecule has 0 saturated heterocycles. The third kappa shape index (κ3) is 10.0. The van der Waals surface area contributed by atoms with Crippen LogP contribution in [0.2, 0.25) is 0 Å². The summed E-state index contributed by atoms with van der Waals surface area (Å²) in [6.45, 7) is 11.3. The molecule has 39 heavy (non-hydrogen) atoms. The van der Waals surface area contributed by atoms with E-state index in [0.717, 1.165) is 16.0 Å². The summed E-state index contributed by atoms with van der Waals surface area (Å²) in [6.07, 6.45) is -3.23. The highest BCUT2D eigenvalue weighted by Gasteiger charge is 2.25. The van der Waals surface area contributed by atoms with Crippen LogP contribution in [0.5, 0.6) is 5.75 Å². The predicted molar refractivity (Wildman–Crippen MR) is 153 cm³/mol. The van der Waals surface area contributed by atoms with Crippen LogP contribution in [0.1, 0.15) is 58.2 Å². The van der Waals surface area contributed by atoms with Gasteiger partial charge in [0.1, 0.15) is 5.75 Å². The number of carbonyl (C=O) groups excluding carboxylic acids is 2. The quantitative estimate of drug-likeness (QED) is 0.160. The molecular weight excluding hydrogens is 520 g/mol. The van der Waals surface area contributed by atoms with E-state index in [2.05, 4.69) is 30.2 Å². The zero-order chi connectivity index (χ0) is 29.2. The number of halogens is 2. The van der Waals surface area contributed by atoms with Crippen molar-refractivity contribution < 1.29 is 27.8 Å². The average molecular weight is 558 g/mol. The summed E-state index contributed by atoms with van der Waals surface area (Å²) in [7, 11) is 1.18. The first kappa shape index (κ1) is 31.8. The van der Waals surface area contributed by atoms with E-state index in [0.29, 0.717) is 18.4 Å². The van der Waals surface area contributed by atoms with Crippen molar-refractivity contribution in [3.8, 4) is 5.75 Å². The Balaban J connectivity index is 0.00000260. The highest BCUT2D eigenvalue weighted by Crippen LogP contribution is 2.29. The second-order valence-corrected chi connectivity index (χ2v) is 10.7. The summed E-state index contributed by atoms with van der Waals surface area (Å²) in [5, 5.41) is 0. The maximum atomic E-state index is 13.0. The topological polar surface area (TPSA) is 55.8 Å². The molecule has 3 aromatic carbocycles. The SMILES string of the molecule is CC.COC(=O)C(=O)N(Cc1ccc(C(C)(C)C)cc1)c1ccc(SCc2ccc(OC(C)(F)F)cc2)cc1. The third-order valence-electron chi connectivity index (χ3n) is 5.54. The highest BCUT2D eigenvalue weighted by atomic mass is 32.2. The number of thioether (sulfide) groups is 1. The van der Waals surface area contributed by atoms with Crippen molar-refractivity contribution in [2.75, 3.05) is 12.0 Å². The number of anilines is 1. The van der Waals surface area contributed by atoms with Crippen LogP contribution in [0.25, 0.3) is 0 Å². The largest absolute Gasteiger partial charge is 0.462 e. The Hall–Kier alpha value is -3.39. The van der Waals surface area contributed by atoms with Crippen LogP contribution in [0.3, 0.4) is 0 Å². The van der Waals surface area contributed by atoms with Crippen LogP contribution >= 0.6 is 11.8 Å². The van der Waals surface area contributed by atoms with Gasteiger partial charge in [-0.3, -0.25) is 9.69 Å². The number of esters is 1. The molecule has 3 aromatic rings. The van der Waals surface area contributed by atoms with Gasteiger partial charge in [-0.25, -0.2) is 4.79 Å². The molecule has 0 aromatic heterocycles. The smallest absolute Gasteiger partial charge is 0.397 e. The summed E-state index contributed by atoms with van der Waals surface area (Å²) in [5.41, 5.74) is 3.59. The number of amides is 1. The lowest BCUT2D eigenvalue weighted by Gasteiger charge is -2.23. The van der Waals surface area contributed by atoms with E-state index in [4.69, 9.17) is 0 Å². The molecule has 0 saturated carbocycles. The Morgan fingerprint density at radius 1 is 0.821 bits per heavy atom. The van der Waals surface area contributed by atoms with Crippen LogP contribution < -0.4 is 9.64 Å². The molecule has 0 unspecified atom stereocenters. The molecule has 0 aliphatic rings. The molecule has 0 spiro atoms. The van der Waals surface area contributed by atoms with Crippen molar-refractivity contribution in [1.29, 1.82) is 0 Å². The fourth-order valence-corrected chi connectivity index (χ4v) is 4.37. The Bertz CT molecular complexity index is 1200. The van der Waals surface area contributed by atoms with Gasteiger partial charge < -0.3 is 9.47 Å². The highest BCUT2D eigenvalue weighted by molar-refractivity contribution is 7.98. The lowest BCUT2D eigenvalue weighted by atomic mass is 9.87. The molecule has 8 heteroatoms. The zero-order valence-electron chi connectivity index (χ0n) is 23.6. The van der Waals surface area contributed by atoms with Crippen molar-refractivity contribution >= 4 is 29.3 Å². The summed E-state index contributed by atoms with van der Waals surface area (Å²) in [4.78, 5) is 27.2. The molecule has 5 nitrogen and oxygen atoms in total. The van der Waals surface area contributed by atoms with Crippen molar-refractivity contribution in [3.63, 3.8) is 0 Å². The number of nitrogens with zero attached hydrogens (tertiary/aromatic N) is 1. The molecule has 0 aliphatic carbocycles. The van der Waals surface area contributed by atoms with Crippen LogP contribution in [-0.2, 0) is 32.0 Å². The van der Waals surface area contributed by atoms with Crippen molar-refractivity contribution in [2.24, 2.45) is 0 Å². The van der Waals surface area contributed by atoms with Gasteiger partial charge in [-0.2, -0.15) is 8.78 Å². The first-order valence-corrected chi connectivity index (χ1v) is 13.7. The van der Waals surface area contributed by atoms with Crippen LogP contribution in [-0.4, -0.2) is 25.1 Å². The van der Waals surface area contributed by atoms with E-state index in [1.165, 1.54) is 29.7 Å². The van der Waals surface area contributed by atoms with E-state index >= 15 is 0 Å². The molecular formula is C31H37F2NO4S. The summed E-state index contributed by atoms with van der Waals surface area (Å²) < 4.78 is 35.2. The maximum Gasteiger partial charge on any atom is 0.397 e. The molecule has 210 valence electrons. The number of rotatable bonds is 8. The molecule has 0 bridgehead atoms. The van der Waals surface area contributed by atoms with E-state index in [9.17, 15) is 18.4 Å². The fourth-order valence-electron chi connectivity index (χ4n) is 3.52. The number of methoxy groups -OCH3 is 1. The second kappa shape index (κ2) is 14.1. The van der Waals surface area contributed by atoms with Crippen molar-refractivity contribution in [1.82, 2.24) is 0 Å². The molecule has 0 N–H and O–H groups in total. The van der Waals surface area contributed by atoms with Crippen LogP contribution in [0, 0.1) is 0 Å². The summed E-state index contributed by atoms with van der Waals surface area (Å²) in [6, 6.07) is 21.8. The standard InChI is InChI=1S/C29H31F2NO4S.C2H6/c1-28(2,3)22-10-6-20(7-11-22)18-32(26(33)27(34)35-5)23-12-16-25(17-13-23)37-19-21-8-14-24(15-9-21)36-29(4,30)31;1-2/h6-17H,18-19H2,1-5H3;1-2H3. The molecule has 1 amide bonds. The Labute approximate surface area is 234 Å². The lowest BCUT2D eigenvalue weighted by molar-refractivity contribution is -0.159. The number of hydrogen-bond acceptors (Lipinski definition) is 5. The van der Waals surface area contributed by atoms with Crippen LogP contribution in [0.4, 0.5) is 14.5 Å². The number of carbonyl (C=O) groups is 2. The molecule has 0 fully saturated rings. The first-order valence-electron chi connectivity index (χ1n) is 12.7. The van der Waals surface area contributed by atoms with Crippen molar-refractivity contribution in [2.45, 2.75) is 70.3 Å². The van der Waals surface area contributed by atoms with Gasteiger partial charge in [-0.15, -0.1) is 11.8 Å². The zero-order valence-corrected chi connectivity index (χ0v) is 24.4. The van der Waals surface area contributed by atoms with Gasteiger partial charge in [0.05, 0.1) is 13.7 Å². The average Bonchev–Trinajstić information content (AvgIpc) is 2.91. The van der Waals surface area contributed by atoms with Gasteiger partial charge in [0.15, 0.2) is 0 Å². The van der Waals surface area contributed by atoms with E-state index in [1.54, 1.807) is 36.0 Å². The number of benzene rings is 3. The summed E-state index contributed by atoms with van der Waals surface area (Å²) >= 11 is 1.56. The lowest BCUT2D eigenvalue weighted by Crippen LogP contribution is -2.36. The minimum absolute atomic E-state index is 0.00749. The first-order chi connectivity index (χ1) is 18.4. The molecule has 0 atom stereocenters. The molecule has 0 aliphatic heterocycles. The molecule has 0 radical (unpaired) electrons. The van der Waals surface area contributed by atoms with E-state index in [-0.39, 0.29) is 17.7 Å². The Morgan fingerprint density at radius 3 is 1.85 bits per heavy atom. The predicted octanol–water partition coefficient (Wildman–Crippen LogP) is 8.00. The third-order valence-corrected chi connectivity index (χ3v) is 6.62. The van der Waals surface area contributed by atoms with E-state index < -0.39 is 18.0 Å². The molecule has 3 rings (SSSR count). The molecule has 0 heterocycles. The fraction of sp³-hybridized carbons (Fsp3) is 0.355. The maximum absolute atomic E-state index is 13.0. The second-order valence-electron chi connectivity index (χ2n) is 9.67. The Kier molecular flexibility index (Phi) is 11.5. The monoisotopic (exact) mass is 557 g/mol. The number of hydrogen-bond donors (Lipinski definition) is 0. The van der Waals surface area contributed by atoms with Gasteiger partial charge >= 0.3 is 18.0 Å². The minimum Gasteiger partial charge on any atom is -0.462 e. The Morgan fingerprint density at radius 2 is 1.36 bits per heavy atom. The van der Waals surface area contributed by atoms with Crippen molar-refractivity contribution in [3.05, 3.63) is 89.5 Å². The van der Waals surface area contributed by atoms with E-state index in [1.807, 2.05) is 50.2 Å². The van der Waals surface area contributed by atoms with Gasteiger partial charge in [-0.1, -0.05) is 71.0 Å². The van der Waals surface area contributed by atoms with Gasteiger partial charge in [0.25, 0.3) is 0 Å². The number of alkyl halides is 2. The minimum atomic E-state index is -3.23. The summed E-state index contributed by atoms with van der Waals surface area (Å²) in [5.74, 6) is -0.956. The normalized spacial score (nSPS) is 11.2. The van der Waals surface area contributed by atoms with Crippen LogP contribution in [0.15, 0.2) is 77.7 Å². The van der Waals surface area contributed by atoms with Gasteiger partial charge in [0, 0.05) is 23.3 Å².